The van der Waals surface area contributed by atoms with Crippen molar-refractivity contribution < 1.29 is 0 Å². The molecule has 0 aliphatic heterocycles. The highest BCUT2D eigenvalue weighted by atomic mass is 14.2. The molecular weight excluding hydrogens is 180 g/mol. The molecule has 2 aliphatic rings. The van der Waals surface area contributed by atoms with Gasteiger partial charge in [-0.05, 0) is 28.6 Å². The van der Waals surface area contributed by atoms with Crippen LogP contribution in [0.4, 0.5) is 0 Å². The van der Waals surface area contributed by atoms with Crippen LogP contribution in [0.5, 0.6) is 0 Å². The zero-order chi connectivity index (χ0) is 10.9. The Kier molecular flexibility index (Phi) is 2.52. The highest BCUT2D eigenvalue weighted by molar-refractivity contribution is 5.53. The molecule has 2 rings (SSSR count). The second kappa shape index (κ2) is 3.69. The summed E-state index contributed by atoms with van der Waals surface area (Å²) in [5.41, 5.74) is 4.48. The topological polar surface area (TPSA) is 0 Å². The van der Waals surface area contributed by atoms with E-state index in [0.717, 1.165) is 6.42 Å². The maximum atomic E-state index is 2.32. The van der Waals surface area contributed by atoms with E-state index in [4.69, 9.17) is 0 Å². The quantitative estimate of drug-likeness (QED) is 0.543. The molecule has 15 heavy (non-hydrogen) atoms. The molecule has 0 bridgehead atoms. The molecule has 0 N–H and O–H groups in total. The third-order valence-corrected chi connectivity index (χ3v) is 2.87. The summed E-state index contributed by atoms with van der Waals surface area (Å²) < 4.78 is 0. The predicted molar refractivity (Wildman–Crippen MR) is 66.6 cm³/mol. The maximum Gasteiger partial charge on any atom is -0.00884 e. The van der Waals surface area contributed by atoms with Crippen LogP contribution in [0.2, 0.25) is 0 Å². The van der Waals surface area contributed by atoms with Crippen LogP contribution < -0.4 is 0 Å². The van der Waals surface area contributed by atoms with Gasteiger partial charge < -0.3 is 0 Å². The Morgan fingerprint density at radius 2 is 1.80 bits per heavy atom. The van der Waals surface area contributed by atoms with E-state index in [1.165, 1.54) is 16.7 Å². The van der Waals surface area contributed by atoms with Crippen molar-refractivity contribution in [2.45, 2.75) is 27.2 Å². The molecule has 2 aliphatic carbocycles. The Morgan fingerprint density at radius 3 is 2.33 bits per heavy atom. The van der Waals surface area contributed by atoms with E-state index in [1.807, 2.05) is 0 Å². The van der Waals surface area contributed by atoms with E-state index in [1.54, 1.807) is 0 Å². The van der Waals surface area contributed by atoms with Gasteiger partial charge >= 0.3 is 0 Å². The smallest absolute Gasteiger partial charge is 0.00884 e. The summed E-state index contributed by atoms with van der Waals surface area (Å²) in [5, 5.41) is 0. The van der Waals surface area contributed by atoms with Crippen molar-refractivity contribution in [3.8, 4) is 0 Å². The zero-order valence-corrected chi connectivity index (χ0v) is 9.75. The van der Waals surface area contributed by atoms with Gasteiger partial charge in [-0.2, -0.15) is 0 Å². The van der Waals surface area contributed by atoms with Gasteiger partial charge in [-0.1, -0.05) is 63.3 Å². The molecule has 0 aromatic heterocycles. The van der Waals surface area contributed by atoms with Crippen molar-refractivity contribution in [1.29, 1.82) is 0 Å². The van der Waals surface area contributed by atoms with Crippen LogP contribution in [-0.2, 0) is 0 Å². The fourth-order valence-corrected chi connectivity index (χ4v) is 1.84. The zero-order valence-electron chi connectivity index (χ0n) is 9.75. The van der Waals surface area contributed by atoms with Crippen molar-refractivity contribution in [1.82, 2.24) is 0 Å². The third-order valence-electron chi connectivity index (χ3n) is 2.87. The van der Waals surface area contributed by atoms with Gasteiger partial charge in [0.15, 0.2) is 0 Å². The average molecular weight is 198 g/mol. The molecule has 0 saturated carbocycles. The van der Waals surface area contributed by atoms with E-state index < -0.39 is 0 Å². The van der Waals surface area contributed by atoms with Gasteiger partial charge in [-0.3, -0.25) is 0 Å². The molecule has 0 radical (unpaired) electrons. The van der Waals surface area contributed by atoms with Gasteiger partial charge in [0.05, 0.1) is 0 Å². The SMILES string of the molecule is CC(C)(C)C1=C/C(=C2/C=CC=CC2)C=C1. The molecule has 0 saturated heterocycles. The van der Waals surface area contributed by atoms with E-state index in [2.05, 4.69) is 63.3 Å². The first-order valence-electron chi connectivity index (χ1n) is 5.54. The summed E-state index contributed by atoms with van der Waals surface area (Å²) in [4.78, 5) is 0. The van der Waals surface area contributed by atoms with Gasteiger partial charge in [-0.25, -0.2) is 0 Å². The summed E-state index contributed by atoms with van der Waals surface area (Å²) in [5.74, 6) is 0. The van der Waals surface area contributed by atoms with Crippen molar-refractivity contribution in [2.75, 3.05) is 0 Å². The van der Waals surface area contributed by atoms with Gasteiger partial charge in [-0.15, -0.1) is 0 Å². The van der Waals surface area contributed by atoms with E-state index in [0.29, 0.717) is 0 Å². The first-order chi connectivity index (χ1) is 7.07. The Bertz CT molecular complexity index is 404. The second-order valence-electron chi connectivity index (χ2n) is 5.15. The molecule has 0 aromatic rings. The minimum Gasteiger partial charge on any atom is -0.0801 e. The Labute approximate surface area is 92.4 Å². The molecule has 0 aromatic carbocycles. The summed E-state index contributed by atoms with van der Waals surface area (Å²) in [7, 11) is 0. The van der Waals surface area contributed by atoms with Crippen LogP contribution >= 0.6 is 0 Å². The number of hydrogen-bond donors (Lipinski definition) is 0. The van der Waals surface area contributed by atoms with Gasteiger partial charge in [0, 0.05) is 0 Å². The highest BCUT2D eigenvalue weighted by Crippen LogP contribution is 2.33. The molecule has 0 heteroatoms. The van der Waals surface area contributed by atoms with E-state index >= 15 is 0 Å². The van der Waals surface area contributed by atoms with Crippen molar-refractivity contribution in [2.24, 2.45) is 5.41 Å². The van der Waals surface area contributed by atoms with Crippen molar-refractivity contribution in [3.63, 3.8) is 0 Å². The molecule has 0 atom stereocenters. The van der Waals surface area contributed by atoms with Gasteiger partial charge in [0.2, 0.25) is 0 Å². The van der Waals surface area contributed by atoms with E-state index in [9.17, 15) is 0 Å². The van der Waals surface area contributed by atoms with Gasteiger partial charge in [0.25, 0.3) is 0 Å². The molecular formula is C15H18. The van der Waals surface area contributed by atoms with Crippen molar-refractivity contribution >= 4 is 0 Å². The summed E-state index contributed by atoms with van der Waals surface area (Å²) in [6, 6.07) is 0. The number of allylic oxidation sites excluding steroid dienone is 10. The first kappa shape index (κ1) is 10.2. The highest BCUT2D eigenvalue weighted by Gasteiger charge is 2.18. The summed E-state index contributed by atoms with van der Waals surface area (Å²) >= 11 is 0. The lowest BCUT2D eigenvalue weighted by Crippen LogP contribution is -2.05. The van der Waals surface area contributed by atoms with E-state index in [-0.39, 0.29) is 5.41 Å². The monoisotopic (exact) mass is 198 g/mol. The average Bonchev–Trinajstić information content (AvgIpc) is 2.67. The van der Waals surface area contributed by atoms with Crippen LogP contribution in [0.25, 0.3) is 0 Å². The Hall–Kier alpha value is -1.30. The fraction of sp³-hybridized carbons (Fsp3) is 0.333. The first-order valence-corrected chi connectivity index (χ1v) is 5.54. The molecule has 0 nitrogen and oxygen atoms in total. The molecule has 78 valence electrons. The summed E-state index contributed by atoms with van der Waals surface area (Å²) in [6.07, 6.45) is 16.5. The molecule has 0 unspecified atom stereocenters. The molecule has 0 spiro atoms. The van der Waals surface area contributed by atoms with Gasteiger partial charge in [0.1, 0.15) is 0 Å². The van der Waals surface area contributed by atoms with Crippen LogP contribution in [0.3, 0.4) is 0 Å². The predicted octanol–water partition coefficient (Wildman–Crippen LogP) is 4.34. The lowest BCUT2D eigenvalue weighted by atomic mass is 9.87. The Balaban J connectivity index is 2.30. The fourth-order valence-electron chi connectivity index (χ4n) is 1.84. The minimum atomic E-state index is 0.257. The van der Waals surface area contributed by atoms with Crippen LogP contribution in [0, 0.1) is 5.41 Å². The molecule has 0 amide bonds. The lowest BCUT2D eigenvalue weighted by molar-refractivity contribution is 0.518. The van der Waals surface area contributed by atoms with Crippen LogP contribution in [0.15, 0.2) is 59.3 Å². The van der Waals surface area contributed by atoms with Crippen LogP contribution in [0.1, 0.15) is 27.2 Å². The number of hydrogen-bond acceptors (Lipinski definition) is 0. The standard InChI is InChI=1S/C15H18/c1-15(2,3)14-10-9-13(11-14)12-7-5-4-6-8-12/h4-7,9-11H,8H2,1-3H3/b13-12-. The minimum absolute atomic E-state index is 0.257. The van der Waals surface area contributed by atoms with Crippen molar-refractivity contribution in [3.05, 3.63) is 59.3 Å². The normalized spacial score (nSPS) is 24.9. The summed E-state index contributed by atoms with van der Waals surface area (Å²) in [6.45, 7) is 6.77. The molecule has 0 fully saturated rings. The molecule has 0 heterocycles. The third kappa shape index (κ3) is 2.20. The Morgan fingerprint density at radius 1 is 1.00 bits per heavy atom. The van der Waals surface area contributed by atoms with Crippen LogP contribution in [-0.4, -0.2) is 0 Å². The number of rotatable bonds is 0. The maximum absolute atomic E-state index is 2.32. The largest absolute Gasteiger partial charge is 0.0801 e. The second-order valence-corrected chi connectivity index (χ2v) is 5.15. The lowest BCUT2D eigenvalue weighted by Gasteiger charge is -2.18.